The van der Waals surface area contributed by atoms with Crippen LogP contribution in [0.15, 0.2) is 0 Å². The molecular formula is C8H14N2O5. The molecule has 2 unspecified atom stereocenters. The average molecular weight is 218 g/mol. The molecule has 0 saturated heterocycles. The lowest BCUT2D eigenvalue weighted by Crippen LogP contribution is -2.50. The third kappa shape index (κ3) is 5.63. The molecule has 15 heavy (non-hydrogen) atoms. The maximum absolute atomic E-state index is 11.1. The van der Waals surface area contributed by atoms with Crippen molar-refractivity contribution in [3.05, 3.63) is 0 Å². The van der Waals surface area contributed by atoms with Gasteiger partial charge in [-0.2, -0.15) is 0 Å². The molecule has 0 saturated carbocycles. The molecule has 0 aliphatic heterocycles. The van der Waals surface area contributed by atoms with Crippen molar-refractivity contribution >= 4 is 17.8 Å². The van der Waals surface area contributed by atoms with E-state index in [1.807, 2.05) is 0 Å². The molecule has 0 heterocycles. The summed E-state index contributed by atoms with van der Waals surface area (Å²) in [5, 5.41) is 21.9. The Balaban J connectivity index is 4.12. The molecule has 0 rings (SSSR count). The number of carboxylic acid groups (broad SMARTS) is 1. The van der Waals surface area contributed by atoms with Gasteiger partial charge in [-0.1, -0.05) is 0 Å². The fraction of sp³-hybridized carbons (Fsp3) is 0.625. The van der Waals surface area contributed by atoms with Crippen LogP contribution in [0.25, 0.3) is 0 Å². The number of nitrogens with one attached hydrogen (secondary N) is 2. The summed E-state index contributed by atoms with van der Waals surface area (Å²) in [6.07, 6.45) is -1.20. The number of rotatable bonds is 5. The molecule has 0 aromatic carbocycles. The van der Waals surface area contributed by atoms with Crippen LogP contribution in [-0.2, 0) is 14.4 Å². The SMILES string of the molecule is CC(=O)NCC(=O)NC(C(=O)O)C(C)O. The molecule has 86 valence electrons. The van der Waals surface area contributed by atoms with Gasteiger partial charge in [-0.15, -0.1) is 0 Å². The van der Waals surface area contributed by atoms with Gasteiger partial charge in [-0.25, -0.2) is 4.79 Å². The molecule has 4 N–H and O–H groups in total. The maximum atomic E-state index is 11.1. The van der Waals surface area contributed by atoms with Crippen LogP contribution in [0, 0.1) is 0 Å². The first-order valence-electron chi connectivity index (χ1n) is 4.29. The number of carbonyl (C=O) groups is 3. The van der Waals surface area contributed by atoms with Crippen LogP contribution in [0.3, 0.4) is 0 Å². The van der Waals surface area contributed by atoms with E-state index >= 15 is 0 Å². The zero-order valence-electron chi connectivity index (χ0n) is 8.48. The molecule has 2 atom stereocenters. The fourth-order valence-corrected chi connectivity index (χ4v) is 0.818. The predicted octanol–water partition coefficient (Wildman–Crippen LogP) is -1.93. The molecule has 0 aliphatic carbocycles. The highest BCUT2D eigenvalue weighted by atomic mass is 16.4. The lowest BCUT2D eigenvalue weighted by atomic mass is 10.2. The van der Waals surface area contributed by atoms with Crippen molar-refractivity contribution in [2.24, 2.45) is 0 Å². The Labute approximate surface area is 86.5 Å². The molecule has 7 nitrogen and oxygen atoms in total. The summed E-state index contributed by atoms with van der Waals surface area (Å²) in [6.45, 7) is 2.17. The Hall–Kier alpha value is -1.63. The molecule has 0 aliphatic rings. The monoisotopic (exact) mass is 218 g/mol. The summed E-state index contributed by atoms with van der Waals surface area (Å²) >= 11 is 0. The fourth-order valence-electron chi connectivity index (χ4n) is 0.818. The number of hydrogen-bond donors (Lipinski definition) is 4. The van der Waals surface area contributed by atoms with Crippen molar-refractivity contribution in [2.75, 3.05) is 6.54 Å². The van der Waals surface area contributed by atoms with E-state index < -0.39 is 29.9 Å². The van der Waals surface area contributed by atoms with E-state index in [0.717, 1.165) is 0 Å². The smallest absolute Gasteiger partial charge is 0.328 e. The summed E-state index contributed by atoms with van der Waals surface area (Å²) in [4.78, 5) is 32.1. The van der Waals surface area contributed by atoms with E-state index in [4.69, 9.17) is 10.2 Å². The summed E-state index contributed by atoms with van der Waals surface area (Å²) in [5.41, 5.74) is 0. The minimum absolute atomic E-state index is 0.314. The summed E-state index contributed by atoms with van der Waals surface area (Å²) in [6, 6.07) is -1.37. The van der Waals surface area contributed by atoms with Crippen LogP contribution in [-0.4, -0.2) is 46.7 Å². The summed E-state index contributed by atoms with van der Waals surface area (Å²) in [5.74, 6) is -2.39. The number of aliphatic hydroxyl groups excluding tert-OH is 1. The molecule has 0 aromatic rings. The third-order valence-corrected chi connectivity index (χ3v) is 1.56. The lowest BCUT2D eigenvalue weighted by molar-refractivity contribution is -0.144. The number of carbonyl (C=O) groups excluding carboxylic acids is 2. The summed E-state index contributed by atoms with van der Waals surface area (Å²) < 4.78 is 0. The first kappa shape index (κ1) is 13.4. The van der Waals surface area contributed by atoms with Gasteiger partial charge in [0.2, 0.25) is 11.8 Å². The maximum Gasteiger partial charge on any atom is 0.328 e. The highest BCUT2D eigenvalue weighted by Gasteiger charge is 2.24. The van der Waals surface area contributed by atoms with Gasteiger partial charge in [0.1, 0.15) is 0 Å². The van der Waals surface area contributed by atoms with E-state index in [2.05, 4.69) is 10.6 Å². The largest absolute Gasteiger partial charge is 0.480 e. The average Bonchev–Trinajstić information content (AvgIpc) is 2.09. The second-order valence-electron chi connectivity index (χ2n) is 3.03. The molecular weight excluding hydrogens is 204 g/mol. The molecule has 2 amide bonds. The Morgan fingerprint density at radius 1 is 1.33 bits per heavy atom. The van der Waals surface area contributed by atoms with Crippen LogP contribution in [0.5, 0.6) is 0 Å². The number of hydrogen-bond acceptors (Lipinski definition) is 4. The number of carboxylic acids is 1. The van der Waals surface area contributed by atoms with Crippen molar-refractivity contribution in [3.8, 4) is 0 Å². The van der Waals surface area contributed by atoms with Crippen molar-refractivity contribution < 1.29 is 24.6 Å². The van der Waals surface area contributed by atoms with Crippen LogP contribution in [0.2, 0.25) is 0 Å². The minimum atomic E-state index is -1.37. The minimum Gasteiger partial charge on any atom is -0.480 e. The van der Waals surface area contributed by atoms with Crippen molar-refractivity contribution in [1.29, 1.82) is 0 Å². The molecule has 0 bridgehead atoms. The quantitative estimate of drug-likeness (QED) is 0.429. The second kappa shape index (κ2) is 5.97. The first-order valence-corrected chi connectivity index (χ1v) is 4.29. The number of amides is 2. The van der Waals surface area contributed by atoms with E-state index in [1.165, 1.54) is 13.8 Å². The molecule has 0 radical (unpaired) electrons. The highest BCUT2D eigenvalue weighted by Crippen LogP contribution is 1.92. The van der Waals surface area contributed by atoms with Crippen molar-refractivity contribution in [1.82, 2.24) is 10.6 Å². The molecule has 0 fully saturated rings. The first-order chi connectivity index (χ1) is 6.84. The zero-order valence-corrected chi connectivity index (χ0v) is 8.48. The lowest BCUT2D eigenvalue weighted by Gasteiger charge is -2.16. The van der Waals surface area contributed by atoms with Gasteiger partial charge in [-0.05, 0) is 6.92 Å². The molecule has 0 aromatic heterocycles. The predicted molar refractivity (Wildman–Crippen MR) is 49.9 cm³/mol. The summed E-state index contributed by atoms with van der Waals surface area (Å²) in [7, 11) is 0. The molecule has 7 heteroatoms. The van der Waals surface area contributed by atoms with Gasteiger partial charge in [-0.3, -0.25) is 9.59 Å². The van der Waals surface area contributed by atoms with Gasteiger partial charge in [0.15, 0.2) is 6.04 Å². The number of aliphatic carboxylic acids is 1. The van der Waals surface area contributed by atoms with Crippen molar-refractivity contribution in [3.63, 3.8) is 0 Å². The Bertz CT molecular complexity index is 264. The normalized spacial score (nSPS) is 13.8. The van der Waals surface area contributed by atoms with Crippen LogP contribution >= 0.6 is 0 Å². The topological polar surface area (TPSA) is 116 Å². The van der Waals surface area contributed by atoms with Gasteiger partial charge in [0, 0.05) is 6.92 Å². The number of aliphatic hydroxyl groups is 1. The third-order valence-electron chi connectivity index (χ3n) is 1.56. The van der Waals surface area contributed by atoms with E-state index in [-0.39, 0.29) is 6.54 Å². The van der Waals surface area contributed by atoms with E-state index in [1.54, 1.807) is 0 Å². The van der Waals surface area contributed by atoms with Gasteiger partial charge < -0.3 is 20.8 Å². The second-order valence-corrected chi connectivity index (χ2v) is 3.03. The van der Waals surface area contributed by atoms with E-state index in [9.17, 15) is 14.4 Å². The van der Waals surface area contributed by atoms with Crippen LogP contribution in [0.4, 0.5) is 0 Å². The van der Waals surface area contributed by atoms with Gasteiger partial charge in [0.25, 0.3) is 0 Å². The van der Waals surface area contributed by atoms with Crippen LogP contribution in [0.1, 0.15) is 13.8 Å². The van der Waals surface area contributed by atoms with Crippen molar-refractivity contribution in [2.45, 2.75) is 26.0 Å². The van der Waals surface area contributed by atoms with Gasteiger partial charge in [0.05, 0.1) is 12.6 Å². The zero-order chi connectivity index (χ0) is 12.0. The van der Waals surface area contributed by atoms with Crippen LogP contribution < -0.4 is 10.6 Å². The Morgan fingerprint density at radius 2 is 1.87 bits per heavy atom. The molecule has 0 spiro atoms. The Kier molecular flexibility index (Phi) is 5.32. The standard InChI is InChI=1S/C8H14N2O5/c1-4(11)7(8(14)15)10-6(13)3-9-5(2)12/h4,7,11H,3H2,1-2H3,(H,9,12)(H,10,13)(H,14,15). The highest BCUT2D eigenvalue weighted by molar-refractivity contribution is 5.87. The van der Waals surface area contributed by atoms with Gasteiger partial charge >= 0.3 is 5.97 Å². The van der Waals surface area contributed by atoms with E-state index in [0.29, 0.717) is 0 Å². The Morgan fingerprint density at radius 3 is 2.20 bits per heavy atom.